The van der Waals surface area contributed by atoms with E-state index in [0.29, 0.717) is 56.7 Å². The highest BCUT2D eigenvalue weighted by Crippen LogP contribution is 2.34. The second kappa shape index (κ2) is 9.34. The van der Waals surface area contributed by atoms with Crippen molar-refractivity contribution >= 4 is 15.9 Å². The van der Waals surface area contributed by atoms with Crippen LogP contribution in [0.5, 0.6) is 11.5 Å². The fraction of sp³-hybridized carbons (Fsp3) is 0.682. The van der Waals surface area contributed by atoms with Crippen molar-refractivity contribution in [1.29, 1.82) is 0 Å². The Morgan fingerprint density at radius 3 is 2.26 bits per heavy atom. The first kappa shape index (κ1) is 22.4. The minimum absolute atomic E-state index is 0.0915. The molecule has 0 unspecified atom stereocenters. The van der Waals surface area contributed by atoms with Crippen molar-refractivity contribution in [1.82, 2.24) is 14.1 Å². The fourth-order valence-corrected chi connectivity index (χ4v) is 6.14. The quantitative estimate of drug-likeness (QED) is 0.695. The number of benzene rings is 1. The van der Waals surface area contributed by atoms with Gasteiger partial charge >= 0.3 is 0 Å². The molecule has 0 spiro atoms. The second-order valence-electron chi connectivity index (χ2n) is 8.86. The Kier molecular flexibility index (Phi) is 6.74. The molecule has 0 aromatic heterocycles. The molecule has 172 valence electrons. The van der Waals surface area contributed by atoms with E-state index >= 15 is 0 Å². The van der Waals surface area contributed by atoms with Gasteiger partial charge in [0.1, 0.15) is 0 Å². The molecule has 3 heterocycles. The van der Waals surface area contributed by atoms with Gasteiger partial charge in [-0.25, -0.2) is 8.42 Å². The van der Waals surface area contributed by atoms with Crippen molar-refractivity contribution in [3.8, 4) is 11.5 Å². The van der Waals surface area contributed by atoms with Crippen LogP contribution in [0.2, 0.25) is 0 Å². The molecule has 8 nitrogen and oxygen atoms in total. The summed E-state index contributed by atoms with van der Waals surface area (Å²) < 4.78 is 39.1. The molecular formula is C22H33N3O5S. The summed E-state index contributed by atoms with van der Waals surface area (Å²) in [5.74, 6) is 1.15. The van der Waals surface area contributed by atoms with Crippen LogP contribution in [0.15, 0.2) is 23.1 Å². The summed E-state index contributed by atoms with van der Waals surface area (Å²) in [6.45, 7) is 3.38. The first-order chi connectivity index (χ1) is 14.9. The highest BCUT2D eigenvalue weighted by atomic mass is 32.2. The summed E-state index contributed by atoms with van der Waals surface area (Å²) in [7, 11) is 0.539. The molecule has 4 rings (SSSR count). The number of carbonyl (C=O) groups is 1. The van der Waals surface area contributed by atoms with E-state index < -0.39 is 10.0 Å². The zero-order valence-electron chi connectivity index (χ0n) is 18.5. The lowest BCUT2D eigenvalue weighted by Crippen LogP contribution is -2.48. The van der Waals surface area contributed by atoms with Gasteiger partial charge in [0.2, 0.25) is 15.9 Å². The van der Waals surface area contributed by atoms with Gasteiger partial charge in [0.05, 0.1) is 18.1 Å². The van der Waals surface area contributed by atoms with Crippen LogP contribution in [0.3, 0.4) is 0 Å². The summed E-state index contributed by atoms with van der Waals surface area (Å²) in [4.78, 5) is 17.4. The van der Waals surface area contributed by atoms with Crippen LogP contribution in [0.1, 0.15) is 32.1 Å². The number of hydrogen-bond donors (Lipinski definition) is 0. The van der Waals surface area contributed by atoms with Gasteiger partial charge in [0.15, 0.2) is 11.5 Å². The van der Waals surface area contributed by atoms with Gasteiger partial charge in [-0.15, -0.1) is 0 Å². The summed E-state index contributed by atoms with van der Waals surface area (Å²) >= 11 is 0. The van der Waals surface area contributed by atoms with E-state index in [1.807, 2.05) is 4.90 Å². The molecule has 2 saturated heterocycles. The van der Waals surface area contributed by atoms with Crippen molar-refractivity contribution in [2.45, 2.75) is 43.0 Å². The zero-order chi connectivity index (χ0) is 22.0. The average molecular weight is 452 g/mol. The van der Waals surface area contributed by atoms with Crippen LogP contribution in [-0.4, -0.2) is 88.0 Å². The number of amides is 1. The van der Waals surface area contributed by atoms with Crippen molar-refractivity contribution in [3.63, 3.8) is 0 Å². The Bertz CT molecular complexity index is 888. The maximum atomic E-state index is 13.2. The number of piperidine rings is 2. The van der Waals surface area contributed by atoms with Crippen molar-refractivity contribution in [2.24, 2.45) is 5.92 Å². The summed E-state index contributed by atoms with van der Waals surface area (Å²) in [6.07, 6.45) is 3.89. The van der Waals surface area contributed by atoms with Crippen molar-refractivity contribution in [2.75, 3.05) is 53.5 Å². The van der Waals surface area contributed by atoms with Crippen LogP contribution >= 0.6 is 0 Å². The Morgan fingerprint density at radius 1 is 0.968 bits per heavy atom. The van der Waals surface area contributed by atoms with Crippen LogP contribution in [-0.2, 0) is 14.8 Å². The average Bonchev–Trinajstić information content (AvgIpc) is 3.03. The Morgan fingerprint density at radius 2 is 1.61 bits per heavy atom. The normalized spacial score (nSPS) is 21.8. The highest BCUT2D eigenvalue weighted by molar-refractivity contribution is 7.89. The van der Waals surface area contributed by atoms with Crippen molar-refractivity contribution < 1.29 is 22.7 Å². The van der Waals surface area contributed by atoms with Gasteiger partial charge < -0.3 is 19.3 Å². The summed E-state index contributed by atoms with van der Waals surface area (Å²) in [5, 5.41) is 0. The maximum Gasteiger partial charge on any atom is 0.243 e. The number of likely N-dealkylation sites (tertiary alicyclic amines) is 1. The predicted molar refractivity (Wildman–Crippen MR) is 117 cm³/mol. The van der Waals surface area contributed by atoms with Gasteiger partial charge in [0.25, 0.3) is 0 Å². The summed E-state index contributed by atoms with van der Waals surface area (Å²) in [5.41, 5.74) is 0. The molecule has 0 saturated carbocycles. The molecule has 3 aliphatic heterocycles. The largest absolute Gasteiger partial charge is 0.490 e. The van der Waals surface area contributed by atoms with Crippen LogP contribution in [0.4, 0.5) is 0 Å². The van der Waals surface area contributed by atoms with E-state index in [4.69, 9.17) is 9.47 Å². The van der Waals surface area contributed by atoms with E-state index in [-0.39, 0.29) is 16.7 Å². The van der Waals surface area contributed by atoms with E-state index in [1.165, 1.54) is 4.31 Å². The molecule has 31 heavy (non-hydrogen) atoms. The molecule has 3 aliphatic rings. The lowest BCUT2D eigenvalue weighted by molar-refractivity contribution is -0.138. The number of ether oxygens (including phenoxy) is 2. The number of carbonyl (C=O) groups excluding carboxylic acids is 1. The van der Waals surface area contributed by atoms with Crippen LogP contribution < -0.4 is 9.47 Å². The summed E-state index contributed by atoms with van der Waals surface area (Å²) in [6, 6.07) is 5.34. The zero-order valence-corrected chi connectivity index (χ0v) is 19.3. The van der Waals surface area contributed by atoms with Crippen molar-refractivity contribution in [3.05, 3.63) is 18.2 Å². The molecule has 0 N–H and O–H groups in total. The number of fused-ring (bicyclic) bond motifs is 1. The first-order valence-electron chi connectivity index (χ1n) is 11.2. The number of sulfonamides is 1. The van der Waals surface area contributed by atoms with Gasteiger partial charge in [-0.3, -0.25) is 4.79 Å². The maximum absolute atomic E-state index is 13.2. The minimum atomic E-state index is -3.63. The second-order valence-corrected chi connectivity index (χ2v) is 10.8. The molecule has 0 bridgehead atoms. The van der Waals surface area contributed by atoms with Gasteiger partial charge in [-0.1, -0.05) is 0 Å². The van der Waals surface area contributed by atoms with Crippen LogP contribution in [0.25, 0.3) is 0 Å². The molecule has 1 aromatic rings. The third-order valence-electron chi connectivity index (χ3n) is 6.67. The molecule has 1 amide bonds. The molecule has 0 radical (unpaired) electrons. The molecule has 0 atom stereocenters. The number of rotatable bonds is 4. The predicted octanol–water partition coefficient (Wildman–Crippen LogP) is 1.80. The van der Waals surface area contributed by atoms with E-state index in [1.54, 1.807) is 18.2 Å². The van der Waals surface area contributed by atoms with E-state index in [9.17, 15) is 13.2 Å². The Labute approximate surface area is 185 Å². The third kappa shape index (κ3) is 4.83. The monoisotopic (exact) mass is 451 g/mol. The first-order valence-corrected chi connectivity index (χ1v) is 12.7. The molecule has 9 heteroatoms. The topological polar surface area (TPSA) is 79.4 Å². The van der Waals surface area contributed by atoms with Gasteiger partial charge in [0, 0.05) is 50.6 Å². The Balaban J connectivity index is 1.36. The number of hydrogen-bond acceptors (Lipinski definition) is 6. The smallest absolute Gasteiger partial charge is 0.243 e. The lowest BCUT2D eigenvalue weighted by Gasteiger charge is -2.38. The lowest BCUT2D eigenvalue weighted by atomic mass is 9.94. The van der Waals surface area contributed by atoms with E-state index in [2.05, 4.69) is 19.0 Å². The standard InChI is InChI=1S/C22H33N3O5S/c1-23(2)18-8-10-24(11-9-18)22(26)17-6-12-25(13-7-17)31(27,28)19-4-5-20-21(16-19)30-15-3-14-29-20/h4-5,16-18H,3,6-15H2,1-2H3. The highest BCUT2D eigenvalue weighted by Gasteiger charge is 2.35. The van der Waals surface area contributed by atoms with E-state index in [0.717, 1.165) is 32.4 Å². The van der Waals surface area contributed by atoms with Gasteiger partial charge in [-0.2, -0.15) is 4.31 Å². The molecule has 1 aromatic carbocycles. The van der Waals surface area contributed by atoms with Gasteiger partial charge in [-0.05, 0) is 51.9 Å². The van der Waals surface area contributed by atoms with Crippen LogP contribution in [0, 0.1) is 5.92 Å². The minimum Gasteiger partial charge on any atom is -0.490 e. The molecular weight excluding hydrogens is 418 g/mol. The Hall–Kier alpha value is -1.84. The fourth-order valence-electron chi connectivity index (χ4n) is 4.66. The molecule has 0 aliphatic carbocycles. The number of nitrogens with zero attached hydrogens (tertiary/aromatic N) is 3. The third-order valence-corrected chi connectivity index (χ3v) is 8.56. The SMILES string of the molecule is CN(C)C1CCN(C(=O)C2CCN(S(=O)(=O)c3ccc4c(c3)OCCCO4)CC2)CC1. The molecule has 2 fully saturated rings.